The van der Waals surface area contributed by atoms with Crippen LogP contribution in [0.25, 0.3) is 0 Å². The number of thioether (sulfide) groups is 1. The third kappa shape index (κ3) is 4.20. The van der Waals surface area contributed by atoms with Crippen LogP contribution in [0.3, 0.4) is 0 Å². The van der Waals surface area contributed by atoms with Crippen LogP contribution < -0.4 is 5.32 Å². The summed E-state index contributed by atoms with van der Waals surface area (Å²) in [7, 11) is 0. The highest BCUT2D eigenvalue weighted by atomic mass is 32.2. The van der Waals surface area contributed by atoms with Gasteiger partial charge in [0.1, 0.15) is 0 Å². The predicted molar refractivity (Wildman–Crippen MR) is 72.9 cm³/mol. The van der Waals surface area contributed by atoms with Crippen molar-refractivity contribution in [1.29, 1.82) is 0 Å². The average Bonchev–Trinajstić information content (AvgIpc) is 2.87. The van der Waals surface area contributed by atoms with Crippen LogP contribution in [0.5, 0.6) is 0 Å². The van der Waals surface area contributed by atoms with E-state index < -0.39 is 11.6 Å². The van der Waals surface area contributed by atoms with Crippen molar-refractivity contribution in [3.63, 3.8) is 0 Å². The molecule has 1 aliphatic carbocycles. The lowest BCUT2D eigenvalue weighted by molar-refractivity contribution is -0.119. The third-order valence-electron chi connectivity index (χ3n) is 3.24. The summed E-state index contributed by atoms with van der Waals surface area (Å²) in [5.74, 6) is -1.08. The third-order valence-corrected chi connectivity index (χ3v) is 4.22. The van der Waals surface area contributed by atoms with E-state index in [0.29, 0.717) is 17.4 Å². The Bertz CT molecular complexity index is 447. The molecule has 5 heteroatoms. The van der Waals surface area contributed by atoms with Gasteiger partial charge < -0.3 is 5.32 Å². The fourth-order valence-corrected chi connectivity index (χ4v) is 3.07. The zero-order chi connectivity index (χ0) is 13.7. The molecule has 0 aliphatic heterocycles. The lowest BCUT2D eigenvalue weighted by Gasteiger charge is -2.11. The van der Waals surface area contributed by atoms with Gasteiger partial charge in [0.15, 0.2) is 11.6 Å². The Morgan fingerprint density at radius 1 is 1.32 bits per heavy atom. The van der Waals surface area contributed by atoms with Gasteiger partial charge in [-0.3, -0.25) is 4.79 Å². The number of rotatable bonds is 5. The molecule has 2 rings (SSSR count). The van der Waals surface area contributed by atoms with Gasteiger partial charge in [-0.05, 0) is 18.9 Å². The zero-order valence-corrected chi connectivity index (χ0v) is 11.4. The van der Waals surface area contributed by atoms with E-state index in [9.17, 15) is 13.6 Å². The van der Waals surface area contributed by atoms with E-state index in [0.717, 1.165) is 18.9 Å². The molecule has 1 aliphatic rings. The van der Waals surface area contributed by atoms with Gasteiger partial charge in [-0.15, -0.1) is 11.8 Å². The van der Waals surface area contributed by atoms with Crippen molar-refractivity contribution in [2.45, 2.75) is 37.5 Å². The van der Waals surface area contributed by atoms with Gasteiger partial charge in [0.05, 0.1) is 5.75 Å². The summed E-state index contributed by atoms with van der Waals surface area (Å²) in [6, 6.07) is 4.42. The fourth-order valence-electron chi connectivity index (χ4n) is 2.25. The molecule has 1 aromatic rings. The number of halogens is 2. The van der Waals surface area contributed by atoms with Crippen molar-refractivity contribution in [1.82, 2.24) is 5.32 Å². The van der Waals surface area contributed by atoms with Gasteiger partial charge >= 0.3 is 0 Å². The summed E-state index contributed by atoms with van der Waals surface area (Å²) >= 11 is 1.30. The molecule has 104 valence electrons. The molecule has 0 saturated heterocycles. The van der Waals surface area contributed by atoms with Crippen molar-refractivity contribution in [2.24, 2.45) is 0 Å². The first-order valence-corrected chi connectivity index (χ1v) is 7.62. The maximum Gasteiger partial charge on any atom is 0.230 e. The SMILES string of the molecule is O=C(CSCc1cccc(F)c1F)NC1CCCC1. The summed E-state index contributed by atoms with van der Waals surface area (Å²) in [6.07, 6.45) is 4.45. The van der Waals surface area contributed by atoms with E-state index in [-0.39, 0.29) is 11.7 Å². The van der Waals surface area contributed by atoms with Gasteiger partial charge in [-0.25, -0.2) is 8.78 Å². The van der Waals surface area contributed by atoms with Crippen LogP contribution >= 0.6 is 11.8 Å². The number of hydrogen-bond donors (Lipinski definition) is 1. The molecule has 2 nitrogen and oxygen atoms in total. The van der Waals surface area contributed by atoms with Crippen LogP contribution in [0.2, 0.25) is 0 Å². The molecule has 0 heterocycles. The van der Waals surface area contributed by atoms with Gasteiger partial charge in [0, 0.05) is 17.4 Å². The Kier molecular flexibility index (Phi) is 5.19. The second-order valence-corrected chi connectivity index (χ2v) is 5.74. The van der Waals surface area contributed by atoms with E-state index >= 15 is 0 Å². The highest BCUT2D eigenvalue weighted by Gasteiger charge is 2.17. The molecular weight excluding hydrogens is 268 g/mol. The van der Waals surface area contributed by atoms with Crippen LogP contribution in [0.1, 0.15) is 31.2 Å². The van der Waals surface area contributed by atoms with E-state index in [4.69, 9.17) is 0 Å². The first kappa shape index (κ1) is 14.3. The van der Waals surface area contributed by atoms with Crippen LogP contribution in [0.4, 0.5) is 8.78 Å². The van der Waals surface area contributed by atoms with Crippen molar-refractivity contribution in [2.75, 3.05) is 5.75 Å². The van der Waals surface area contributed by atoms with E-state index in [1.165, 1.54) is 30.7 Å². The van der Waals surface area contributed by atoms with Crippen molar-refractivity contribution >= 4 is 17.7 Å². The van der Waals surface area contributed by atoms with Crippen molar-refractivity contribution in [3.8, 4) is 0 Å². The Morgan fingerprint density at radius 2 is 2.05 bits per heavy atom. The lowest BCUT2D eigenvalue weighted by Crippen LogP contribution is -2.33. The molecule has 0 unspecified atom stereocenters. The van der Waals surface area contributed by atoms with Gasteiger partial charge in [-0.1, -0.05) is 25.0 Å². The maximum absolute atomic E-state index is 13.4. The Morgan fingerprint density at radius 3 is 2.79 bits per heavy atom. The Labute approximate surface area is 116 Å². The smallest absolute Gasteiger partial charge is 0.230 e. The molecule has 1 aromatic carbocycles. The highest BCUT2D eigenvalue weighted by molar-refractivity contribution is 7.99. The lowest BCUT2D eigenvalue weighted by atomic mass is 10.2. The Hall–Kier alpha value is -1.10. The van der Waals surface area contributed by atoms with E-state index in [1.54, 1.807) is 6.07 Å². The number of nitrogens with one attached hydrogen (secondary N) is 1. The molecule has 19 heavy (non-hydrogen) atoms. The van der Waals surface area contributed by atoms with Crippen molar-refractivity contribution in [3.05, 3.63) is 35.4 Å². The standard InChI is InChI=1S/C14H17F2NOS/c15-12-7-3-4-10(14(12)16)8-19-9-13(18)17-11-5-1-2-6-11/h3-4,7,11H,1-2,5-6,8-9H2,(H,17,18). The minimum Gasteiger partial charge on any atom is -0.353 e. The number of amides is 1. The van der Waals surface area contributed by atoms with E-state index in [2.05, 4.69) is 5.32 Å². The summed E-state index contributed by atoms with van der Waals surface area (Å²) in [4.78, 5) is 11.6. The van der Waals surface area contributed by atoms with E-state index in [1.807, 2.05) is 0 Å². The van der Waals surface area contributed by atoms with Crippen LogP contribution in [-0.2, 0) is 10.5 Å². The summed E-state index contributed by atoms with van der Waals surface area (Å²) in [6.45, 7) is 0. The monoisotopic (exact) mass is 285 g/mol. The molecule has 0 aromatic heterocycles. The number of benzene rings is 1. The number of carbonyl (C=O) groups is 1. The molecule has 1 amide bonds. The molecule has 1 fully saturated rings. The molecule has 0 radical (unpaired) electrons. The van der Waals surface area contributed by atoms with Gasteiger partial charge in [0.2, 0.25) is 5.91 Å². The van der Waals surface area contributed by atoms with Crippen molar-refractivity contribution < 1.29 is 13.6 Å². The zero-order valence-electron chi connectivity index (χ0n) is 10.6. The molecule has 0 bridgehead atoms. The molecule has 1 N–H and O–H groups in total. The molecule has 0 atom stereocenters. The second-order valence-electron chi connectivity index (χ2n) is 4.75. The largest absolute Gasteiger partial charge is 0.353 e. The molecular formula is C14H17F2NOS. The topological polar surface area (TPSA) is 29.1 Å². The first-order valence-electron chi connectivity index (χ1n) is 6.47. The quantitative estimate of drug-likeness (QED) is 0.899. The normalized spacial score (nSPS) is 15.7. The van der Waals surface area contributed by atoms with Crippen LogP contribution in [0, 0.1) is 11.6 Å². The summed E-state index contributed by atoms with van der Waals surface area (Å²) in [5.41, 5.74) is 0.304. The summed E-state index contributed by atoms with van der Waals surface area (Å²) in [5, 5.41) is 2.96. The summed E-state index contributed by atoms with van der Waals surface area (Å²) < 4.78 is 26.3. The van der Waals surface area contributed by atoms with Crippen LogP contribution in [-0.4, -0.2) is 17.7 Å². The highest BCUT2D eigenvalue weighted by Crippen LogP contribution is 2.19. The van der Waals surface area contributed by atoms with Gasteiger partial charge in [0.25, 0.3) is 0 Å². The molecule has 1 saturated carbocycles. The van der Waals surface area contributed by atoms with Crippen LogP contribution in [0.15, 0.2) is 18.2 Å². The Balaban J connectivity index is 1.73. The average molecular weight is 285 g/mol. The minimum absolute atomic E-state index is 0.0197. The predicted octanol–water partition coefficient (Wildman–Crippen LogP) is 3.26. The first-order chi connectivity index (χ1) is 9.16. The van der Waals surface area contributed by atoms with Gasteiger partial charge in [-0.2, -0.15) is 0 Å². The number of carbonyl (C=O) groups excluding carboxylic acids is 1. The minimum atomic E-state index is -0.839. The second kappa shape index (κ2) is 6.89. The molecule has 0 spiro atoms. The fraction of sp³-hybridized carbons (Fsp3) is 0.500. The maximum atomic E-state index is 13.4. The number of hydrogen-bond acceptors (Lipinski definition) is 2.